The van der Waals surface area contributed by atoms with Gasteiger partial charge in [-0.25, -0.2) is 13.9 Å². The first-order valence-corrected chi connectivity index (χ1v) is 9.68. The van der Waals surface area contributed by atoms with Gasteiger partial charge in [0.15, 0.2) is 0 Å². The van der Waals surface area contributed by atoms with E-state index in [-0.39, 0.29) is 18.1 Å². The van der Waals surface area contributed by atoms with Crippen molar-refractivity contribution < 1.29 is 18.7 Å². The number of hydrogen-bond acceptors (Lipinski definition) is 4. The molecule has 0 spiro atoms. The van der Waals surface area contributed by atoms with Gasteiger partial charge in [0.2, 0.25) is 0 Å². The Kier molecular flexibility index (Phi) is 7.00. The quantitative estimate of drug-likeness (QED) is 0.735. The number of ether oxygens (including phenoxy) is 1. The molecule has 0 aliphatic rings. The number of nitrogens with zero attached hydrogens (tertiary/aromatic N) is 2. The van der Waals surface area contributed by atoms with E-state index in [0.717, 1.165) is 0 Å². The second kappa shape index (κ2) is 9.07. The van der Waals surface area contributed by atoms with Gasteiger partial charge >= 0.3 is 6.09 Å². The van der Waals surface area contributed by atoms with Gasteiger partial charge in [0.05, 0.1) is 17.3 Å². The summed E-state index contributed by atoms with van der Waals surface area (Å²) in [6, 6.07) is 6.20. The molecule has 0 unspecified atom stereocenters. The molecule has 1 aromatic heterocycles. The van der Waals surface area contributed by atoms with Gasteiger partial charge in [-0.3, -0.25) is 4.79 Å². The largest absolute Gasteiger partial charge is 0.444 e. The molecular formula is C21H29FN4O3. The number of hydrogen-bond donors (Lipinski definition) is 2. The summed E-state index contributed by atoms with van der Waals surface area (Å²) in [6.07, 6.45) is 3.54. The van der Waals surface area contributed by atoms with Crippen LogP contribution in [0.2, 0.25) is 0 Å². The minimum atomic E-state index is -0.645. The first-order chi connectivity index (χ1) is 13.6. The van der Waals surface area contributed by atoms with Gasteiger partial charge in [-0.05, 0) is 45.7 Å². The number of alkyl carbamates (subject to hydrolysis) is 1. The van der Waals surface area contributed by atoms with E-state index in [1.807, 2.05) is 13.8 Å². The molecule has 7 nitrogen and oxygen atoms in total. The van der Waals surface area contributed by atoms with Crippen molar-refractivity contribution in [2.75, 3.05) is 6.54 Å². The summed E-state index contributed by atoms with van der Waals surface area (Å²) >= 11 is 0. The molecule has 0 saturated heterocycles. The molecule has 158 valence electrons. The van der Waals surface area contributed by atoms with E-state index in [0.29, 0.717) is 18.4 Å². The van der Waals surface area contributed by atoms with Crippen LogP contribution in [0.1, 0.15) is 57.8 Å². The molecule has 2 N–H and O–H groups in total. The van der Waals surface area contributed by atoms with E-state index in [1.54, 1.807) is 39.0 Å². The van der Waals surface area contributed by atoms with Gasteiger partial charge in [-0.1, -0.05) is 26.0 Å². The minimum absolute atomic E-state index is 0.224. The third kappa shape index (κ3) is 6.04. The van der Waals surface area contributed by atoms with Crippen molar-refractivity contribution in [3.8, 4) is 5.69 Å². The van der Waals surface area contributed by atoms with Crippen LogP contribution < -0.4 is 10.6 Å². The molecule has 29 heavy (non-hydrogen) atoms. The fourth-order valence-corrected chi connectivity index (χ4v) is 2.80. The van der Waals surface area contributed by atoms with E-state index in [1.165, 1.54) is 23.1 Å². The maximum atomic E-state index is 13.9. The predicted molar refractivity (Wildman–Crippen MR) is 109 cm³/mol. The Balaban J connectivity index is 2.09. The fraction of sp³-hybridized carbons (Fsp3) is 0.476. The second-order valence-electron chi connectivity index (χ2n) is 7.92. The Hall–Kier alpha value is -2.90. The SMILES string of the molecule is CCC(CC)(CNC(=O)OC(C)(C)C)NC(=O)c1cnn(-c2ccccc2F)c1. The van der Waals surface area contributed by atoms with Crippen molar-refractivity contribution in [3.63, 3.8) is 0 Å². The first kappa shape index (κ1) is 22.4. The highest BCUT2D eigenvalue weighted by atomic mass is 19.1. The van der Waals surface area contributed by atoms with Crippen molar-refractivity contribution >= 4 is 12.0 Å². The average Bonchev–Trinajstić information content (AvgIpc) is 3.14. The number of benzene rings is 1. The Morgan fingerprint density at radius 2 is 1.83 bits per heavy atom. The zero-order valence-corrected chi connectivity index (χ0v) is 17.6. The zero-order valence-electron chi connectivity index (χ0n) is 17.6. The van der Waals surface area contributed by atoms with Crippen molar-refractivity contribution in [2.24, 2.45) is 0 Å². The number of nitrogens with one attached hydrogen (secondary N) is 2. The maximum Gasteiger partial charge on any atom is 0.407 e. The van der Waals surface area contributed by atoms with Crippen LogP contribution in [0.4, 0.5) is 9.18 Å². The molecule has 1 heterocycles. The molecule has 0 aliphatic carbocycles. The molecule has 0 saturated carbocycles. The summed E-state index contributed by atoms with van der Waals surface area (Å²) in [7, 11) is 0. The first-order valence-electron chi connectivity index (χ1n) is 9.68. The van der Waals surface area contributed by atoms with Crippen LogP contribution in [0.15, 0.2) is 36.7 Å². The molecule has 0 radical (unpaired) electrons. The van der Waals surface area contributed by atoms with E-state index >= 15 is 0 Å². The van der Waals surface area contributed by atoms with Crippen molar-refractivity contribution in [2.45, 2.75) is 58.6 Å². The predicted octanol–water partition coefficient (Wildman–Crippen LogP) is 3.82. The lowest BCUT2D eigenvalue weighted by atomic mass is 9.92. The number of carbonyl (C=O) groups excluding carboxylic acids is 2. The molecule has 0 atom stereocenters. The summed E-state index contributed by atoms with van der Waals surface area (Å²) in [5.74, 6) is -0.775. The highest BCUT2D eigenvalue weighted by Crippen LogP contribution is 2.17. The minimum Gasteiger partial charge on any atom is -0.444 e. The Morgan fingerprint density at radius 3 is 2.41 bits per heavy atom. The smallest absolute Gasteiger partial charge is 0.407 e. The number of carbonyl (C=O) groups is 2. The van der Waals surface area contributed by atoms with Crippen LogP contribution in [-0.2, 0) is 4.74 Å². The third-order valence-electron chi connectivity index (χ3n) is 4.65. The van der Waals surface area contributed by atoms with Crippen LogP contribution in [0.5, 0.6) is 0 Å². The Bertz CT molecular complexity index is 854. The van der Waals surface area contributed by atoms with Crippen molar-refractivity contribution in [3.05, 3.63) is 48.0 Å². The lowest BCUT2D eigenvalue weighted by Gasteiger charge is -2.33. The monoisotopic (exact) mass is 404 g/mol. The number of aromatic nitrogens is 2. The second-order valence-corrected chi connectivity index (χ2v) is 7.92. The highest BCUT2D eigenvalue weighted by molar-refractivity contribution is 5.94. The van der Waals surface area contributed by atoms with Gasteiger partial charge in [0.25, 0.3) is 5.91 Å². The lowest BCUT2D eigenvalue weighted by Crippen LogP contribution is -2.55. The molecule has 1 aromatic carbocycles. The normalized spacial score (nSPS) is 11.8. The summed E-state index contributed by atoms with van der Waals surface area (Å²) in [5.41, 5.74) is -0.684. The molecule has 2 rings (SSSR count). The molecular weight excluding hydrogens is 375 g/mol. The van der Waals surface area contributed by atoms with Crippen LogP contribution in [0, 0.1) is 5.82 Å². The number of rotatable bonds is 7. The average molecular weight is 404 g/mol. The number of halogens is 1. The summed E-state index contributed by atoms with van der Waals surface area (Å²) in [4.78, 5) is 24.8. The van der Waals surface area contributed by atoms with Crippen LogP contribution in [-0.4, -0.2) is 39.5 Å². The molecule has 0 bridgehead atoms. The van der Waals surface area contributed by atoms with Crippen LogP contribution in [0.3, 0.4) is 0 Å². The van der Waals surface area contributed by atoms with Crippen molar-refractivity contribution in [1.29, 1.82) is 0 Å². The summed E-state index contributed by atoms with van der Waals surface area (Å²) in [5, 5.41) is 9.81. The van der Waals surface area contributed by atoms with E-state index < -0.39 is 23.1 Å². The molecule has 0 fully saturated rings. The van der Waals surface area contributed by atoms with Gasteiger partial charge in [-0.2, -0.15) is 5.10 Å². The lowest BCUT2D eigenvalue weighted by molar-refractivity contribution is 0.0502. The zero-order chi connectivity index (χ0) is 21.7. The third-order valence-corrected chi connectivity index (χ3v) is 4.65. The molecule has 8 heteroatoms. The standard InChI is InChI=1S/C21H29FN4O3/c1-6-21(7-2,14-23-19(28)29-20(3,4)5)25-18(27)15-12-24-26(13-15)17-11-9-8-10-16(17)22/h8-13H,6-7,14H2,1-5H3,(H,23,28)(H,25,27). The summed E-state index contributed by atoms with van der Waals surface area (Å²) in [6.45, 7) is 9.45. The molecule has 0 aliphatic heterocycles. The van der Waals surface area contributed by atoms with E-state index in [2.05, 4.69) is 15.7 Å². The molecule has 2 amide bonds. The Morgan fingerprint density at radius 1 is 1.17 bits per heavy atom. The topological polar surface area (TPSA) is 85.2 Å². The van der Waals surface area contributed by atoms with Gasteiger partial charge < -0.3 is 15.4 Å². The number of amides is 2. The van der Waals surface area contributed by atoms with Gasteiger partial charge in [0.1, 0.15) is 17.1 Å². The number of para-hydroxylation sites is 1. The van der Waals surface area contributed by atoms with Gasteiger partial charge in [-0.15, -0.1) is 0 Å². The molecule has 2 aromatic rings. The van der Waals surface area contributed by atoms with Crippen LogP contribution in [0.25, 0.3) is 5.69 Å². The Labute approximate surface area is 170 Å². The van der Waals surface area contributed by atoms with E-state index in [4.69, 9.17) is 4.74 Å². The van der Waals surface area contributed by atoms with Gasteiger partial charge in [0, 0.05) is 12.7 Å². The summed E-state index contributed by atoms with van der Waals surface area (Å²) < 4.78 is 20.5. The fourth-order valence-electron chi connectivity index (χ4n) is 2.80. The van der Waals surface area contributed by atoms with E-state index in [9.17, 15) is 14.0 Å². The van der Waals surface area contributed by atoms with Crippen LogP contribution >= 0.6 is 0 Å². The maximum absolute atomic E-state index is 13.9. The van der Waals surface area contributed by atoms with Crippen molar-refractivity contribution in [1.82, 2.24) is 20.4 Å². The highest BCUT2D eigenvalue weighted by Gasteiger charge is 2.30.